The zero-order chi connectivity index (χ0) is 13.3. The molecule has 0 aliphatic carbocycles. The Bertz CT molecular complexity index is 600. The van der Waals surface area contributed by atoms with Gasteiger partial charge in [0.25, 0.3) is 0 Å². The molecule has 0 radical (unpaired) electrons. The summed E-state index contributed by atoms with van der Waals surface area (Å²) in [6.07, 6.45) is 0. The van der Waals surface area contributed by atoms with Crippen molar-refractivity contribution in [1.82, 2.24) is 4.98 Å². The number of aromatic nitrogens is 1. The van der Waals surface area contributed by atoms with Gasteiger partial charge in [-0.3, -0.25) is 0 Å². The van der Waals surface area contributed by atoms with Gasteiger partial charge in [0.2, 0.25) is 0 Å². The number of aromatic carboxylic acids is 1. The van der Waals surface area contributed by atoms with E-state index >= 15 is 0 Å². The Hall–Kier alpha value is -2.10. The summed E-state index contributed by atoms with van der Waals surface area (Å²) in [5.41, 5.74) is 0.859. The van der Waals surface area contributed by atoms with Crippen LogP contribution < -0.4 is 5.32 Å². The molecule has 0 bridgehead atoms. The summed E-state index contributed by atoms with van der Waals surface area (Å²) in [7, 11) is 0. The predicted octanol–water partition coefficient (Wildman–Crippen LogP) is 3.14. The van der Waals surface area contributed by atoms with Gasteiger partial charge < -0.3 is 10.4 Å². The fourth-order valence-corrected chi connectivity index (χ4v) is 1.70. The molecule has 1 aromatic heterocycles. The van der Waals surface area contributed by atoms with Crippen LogP contribution in [0.2, 0.25) is 0 Å². The predicted molar refractivity (Wildman–Crippen MR) is 72.1 cm³/mol. The van der Waals surface area contributed by atoms with E-state index in [0.29, 0.717) is 5.52 Å². The lowest BCUT2D eigenvalue weighted by Crippen LogP contribution is -2.26. The Morgan fingerprint density at radius 2 is 1.89 bits per heavy atom. The molecule has 2 aromatic rings. The average Bonchev–Trinajstić information content (AvgIpc) is 2.25. The summed E-state index contributed by atoms with van der Waals surface area (Å²) in [4.78, 5) is 15.3. The smallest absolute Gasteiger partial charge is 0.335 e. The normalized spacial score (nSPS) is 11.5. The number of rotatable bonds is 2. The molecule has 0 unspecified atom stereocenters. The summed E-state index contributed by atoms with van der Waals surface area (Å²) < 4.78 is 0. The first kappa shape index (κ1) is 12.4. The van der Waals surface area contributed by atoms with E-state index in [0.717, 1.165) is 11.2 Å². The number of benzene rings is 1. The van der Waals surface area contributed by atoms with Crippen LogP contribution in [0.3, 0.4) is 0 Å². The molecule has 4 nitrogen and oxygen atoms in total. The van der Waals surface area contributed by atoms with Crippen molar-refractivity contribution in [3.63, 3.8) is 0 Å². The zero-order valence-corrected chi connectivity index (χ0v) is 10.7. The van der Waals surface area contributed by atoms with E-state index in [9.17, 15) is 4.79 Å². The number of carboxylic acids is 1. The largest absolute Gasteiger partial charge is 0.478 e. The van der Waals surface area contributed by atoms with Gasteiger partial charge in [-0.2, -0.15) is 0 Å². The van der Waals surface area contributed by atoms with Crippen molar-refractivity contribution in [3.05, 3.63) is 35.9 Å². The van der Waals surface area contributed by atoms with Gasteiger partial charge in [0.15, 0.2) is 0 Å². The van der Waals surface area contributed by atoms with Crippen LogP contribution in [0.1, 0.15) is 31.1 Å². The number of hydrogen-bond acceptors (Lipinski definition) is 3. The highest BCUT2D eigenvalue weighted by atomic mass is 16.4. The van der Waals surface area contributed by atoms with Gasteiger partial charge in [0.1, 0.15) is 5.82 Å². The average molecular weight is 244 g/mol. The number of anilines is 1. The monoisotopic (exact) mass is 244 g/mol. The number of pyridine rings is 1. The highest BCUT2D eigenvalue weighted by Gasteiger charge is 2.11. The minimum atomic E-state index is -0.937. The van der Waals surface area contributed by atoms with E-state index in [1.807, 2.05) is 32.9 Å². The van der Waals surface area contributed by atoms with Gasteiger partial charge >= 0.3 is 5.97 Å². The lowest BCUT2D eigenvalue weighted by Gasteiger charge is -2.21. The van der Waals surface area contributed by atoms with Crippen LogP contribution in [0.4, 0.5) is 5.82 Å². The molecule has 4 heteroatoms. The number of hydrogen-bond donors (Lipinski definition) is 2. The molecule has 0 fully saturated rings. The van der Waals surface area contributed by atoms with Crippen LogP contribution in [0.25, 0.3) is 10.9 Å². The van der Waals surface area contributed by atoms with Gasteiger partial charge in [-0.25, -0.2) is 9.78 Å². The third kappa shape index (κ3) is 2.77. The zero-order valence-electron chi connectivity index (χ0n) is 10.7. The molecule has 2 N–H and O–H groups in total. The third-order valence-electron chi connectivity index (χ3n) is 2.44. The molecular formula is C14H16N2O2. The van der Waals surface area contributed by atoms with Crippen LogP contribution in [0, 0.1) is 0 Å². The molecule has 0 aliphatic heterocycles. The Kier molecular flexibility index (Phi) is 2.95. The maximum absolute atomic E-state index is 10.9. The molecule has 2 rings (SSSR count). The van der Waals surface area contributed by atoms with Crippen LogP contribution in [0.15, 0.2) is 30.3 Å². The molecule has 0 spiro atoms. The van der Waals surface area contributed by atoms with Gasteiger partial charge in [0, 0.05) is 10.9 Å². The SMILES string of the molecule is CC(C)(C)Nc1ccc2ccc(C(=O)O)cc2n1. The number of carboxylic acid groups (broad SMARTS) is 1. The maximum atomic E-state index is 10.9. The fraction of sp³-hybridized carbons (Fsp3) is 0.286. The summed E-state index contributed by atoms with van der Waals surface area (Å²) >= 11 is 0. The Morgan fingerprint density at radius 1 is 1.22 bits per heavy atom. The second kappa shape index (κ2) is 4.29. The van der Waals surface area contributed by atoms with Crippen molar-refractivity contribution in [2.75, 3.05) is 5.32 Å². The summed E-state index contributed by atoms with van der Waals surface area (Å²) in [6.45, 7) is 6.14. The van der Waals surface area contributed by atoms with Crippen LogP contribution in [-0.2, 0) is 0 Å². The number of fused-ring (bicyclic) bond motifs is 1. The molecule has 0 atom stereocenters. The molecule has 1 heterocycles. The van der Waals surface area contributed by atoms with Gasteiger partial charge in [-0.15, -0.1) is 0 Å². The van der Waals surface area contributed by atoms with E-state index in [-0.39, 0.29) is 11.1 Å². The highest BCUT2D eigenvalue weighted by Crippen LogP contribution is 2.19. The first-order valence-corrected chi connectivity index (χ1v) is 5.77. The number of nitrogens with zero attached hydrogens (tertiary/aromatic N) is 1. The van der Waals surface area contributed by atoms with E-state index in [1.54, 1.807) is 18.2 Å². The van der Waals surface area contributed by atoms with Crippen LogP contribution in [-0.4, -0.2) is 21.6 Å². The molecule has 0 saturated heterocycles. The summed E-state index contributed by atoms with van der Waals surface area (Å²) in [5.74, 6) is -0.189. The van der Waals surface area contributed by atoms with Gasteiger partial charge in [-0.05, 0) is 45.0 Å². The lowest BCUT2D eigenvalue weighted by atomic mass is 10.1. The summed E-state index contributed by atoms with van der Waals surface area (Å²) in [6, 6.07) is 8.78. The van der Waals surface area contributed by atoms with Gasteiger partial charge in [-0.1, -0.05) is 6.07 Å². The first-order chi connectivity index (χ1) is 8.35. The second-order valence-corrected chi connectivity index (χ2v) is 5.28. The third-order valence-corrected chi connectivity index (χ3v) is 2.44. The minimum absolute atomic E-state index is 0.0783. The highest BCUT2D eigenvalue weighted by molar-refractivity contribution is 5.93. The molecule has 0 amide bonds. The Labute approximate surface area is 106 Å². The van der Waals surface area contributed by atoms with Crippen molar-refractivity contribution >= 4 is 22.7 Å². The van der Waals surface area contributed by atoms with E-state index in [4.69, 9.17) is 5.11 Å². The second-order valence-electron chi connectivity index (χ2n) is 5.28. The molecule has 1 aromatic carbocycles. The fourth-order valence-electron chi connectivity index (χ4n) is 1.70. The topological polar surface area (TPSA) is 62.2 Å². The van der Waals surface area contributed by atoms with Crippen molar-refractivity contribution in [2.45, 2.75) is 26.3 Å². The van der Waals surface area contributed by atoms with Crippen molar-refractivity contribution in [3.8, 4) is 0 Å². The first-order valence-electron chi connectivity index (χ1n) is 5.77. The minimum Gasteiger partial charge on any atom is -0.478 e. The van der Waals surface area contributed by atoms with Crippen molar-refractivity contribution < 1.29 is 9.90 Å². The van der Waals surface area contributed by atoms with E-state index < -0.39 is 5.97 Å². The lowest BCUT2D eigenvalue weighted by molar-refractivity contribution is 0.0697. The van der Waals surface area contributed by atoms with Crippen molar-refractivity contribution in [2.24, 2.45) is 0 Å². The van der Waals surface area contributed by atoms with Crippen molar-refractivity contribution in [1.29, 1.82) is 0 Å². The number of nitrogens with one attached hydrogen (secondary N) is 1. The molecule has 94 valence electrons. The van der Waals surface area contributed by atoms with Crippen LogP contribution in [0.5, 0.6) is 0 Å². The summed E-state index contributed by atoms with van der Waals surface area (Å²) in [5, 5.41) is 13.2. The van der Waals surface area contributed by atoms with E-state index in [2.05, 4.69) is 10.3 Å². The maximum Gasteiger partial charge on any atom is 0.335 e. The quantitative estimate of drug-likeness (QED) is 0.851. The van der Waals surface area contributed by atoms with E-state index in [1.165, 1.54) is 0 Å². The number of carbonyl (C=O) groups is 1. The van der Waals surface area contributed by atoms with Crippen LogP contribution >= 0.6 is 0 Å². The standard InChI is InChI=1S/C14H16N2O2/c1-14(2,3)16-12-7-6-9-4-5-10(13(17)18)8-11(9)15-12/h4-8H,1-3H3,(H,15,16)(H,17,18). The Balaban J connectivity index is 2.45. The molecule has 18 heavy (non-hydrogen) atoms. The molecule has 0 saturated carbocycles. The Morgan fingerprint density at radius 3 is 2.50 bits per heavy atom. The molecule has 0 aliphatic rings. The molecular weight excluding hydrogens is 228 g/mol. The van der Waals surface area contributed by atoms with Gasteiger partial charge in [0.05, 0.1) is 11.1 Å².